The second-order valence-corrected chi connectivity index (χ2v) is 4.64. The van der Waals surface area contributed by atoms with Crippen LogP contribution in [0.3, 0.4) is 0 Å². The minimum Gasteiger partial charge on any atom is -0.211 e. The lowest BCUT2D eigenvalue weighted by atomic mass is 9.95. The Balaban J connectivity index is 2.34. The van der Waals surface area contributed by atoms with Crippen molar-refractivity contribution >= 4 is 10.8 Å². The lowest BCUT2D eigenvalue weighted by Crippen LogP contribution is -2.00. The highest BCUT2D eigenvalue weighted by molar-refractivity contribution is 5.83. The summed E-state index contributed by atoms with van der Waals surface area (Å²) in [5.41, 5.74) is 2.20. The van der Waals surface area contributed by atoms with Crippen LogP contribution in [0.25, 0.3) is 10.8 Å². The summed E-state index contributed by atoms with van der Waals surface area (Å²) in [5.74, 6) is -0.0966. The van der Waals surface area contributed by atoms with Crippen molar-refractivity contribution in [3.63, 3.8) is 0 Å². The van der Waals surface area contributed by atoms with Gasteiger partial charge in [0.15, 0.2) is 0 Å². The average Bonchev–Trinajstić information content (AvgIpc) is 2.27. The van der Waals surface area contributed by atoms with E-state index in [0.29, 0.717) is 0 Å². The van der Waals surface area contributed by atoms with Gasteiger partial charge in [0, 0.05) is 6.42 Å². The Bertz CT molecular complexity index is 517. The summed E-state index contributed by atoms with van der Waals surface area (Å²) in [4.78, 5) is 0. The monoisotopic (exact) mass is 234 g/mol. The highest BCUT2D eigenvalue weighted by Gasteiger charge is 2.12. The van der Waals surface area contributed by atoms with Crippen molar-refractivity contribution in [2.75, 3.05) is 0 Å². The van der Waals surface area contributed by atoms with Crippen molar-refractivity contribution in [1.82, 2.24) is 0 Å². The first-order valence-corrected chi connectivity index (χ1v) is 5.85. The summed E-state index contributed by atoms with van der Waals surface area (Å²) in [6, 6.07) is 12.2. The zero-order valence-corrected chi connectivity index (χ0v) is 10.1. The molecule has 0 saturated carbocycles. The van der Waals surface area contributed by atoms with Crippen molar-refractivity contribution in [2.45, 2.75) is 32.6 Å². The first-order chi connectivity index (χ1) is 8.06. The third kappa shape index (κ3) is 2.82. The summed E-state index contributed by atoms with van der Waals surface area (Å²) < 4.78 is 24.7. The predicted molar refractivity (Wildman–Crippen MR) is 67.7 cm³/mol. The molecule has 0 aliphatic rings. The van der Waals surface area contributed by atoms with E-state index < -0.39 is 6.43 Å². The lowest BCUT2D eigenvalue weighted by molar-refractivity contribution is 0.130. The van der Waals surface area contributed by atoms with Gasteiger partial charge in [0.25, 0.3) is 0 Å². The Morgan fingerprint density at radius 1 is 1.00 bits per heavy atom. The molecule has 2 aromatic rings. The van der Waals surface area contributed by atoms with Crippen molar-refractivity contribution in [1.29, 1.82) is 0 Å². The predicted octanol–water partition coefficient (Wildman–Crippen LogP) is 4.91. The van der Waals surface area contributed by atoms with Crippen LogP contribution in [0.4, 0.5) is 8.78 Å². The van der Waals surface area contributed by atoms with Gasteiger partial charge in [0.1, 0.15) is 0 Å². The molecular weight excluding hydrogens is 218 g/mol. The molecule has 0 spiro atoms. The molecule has 0 amide bonds. The second kappa shape index (κ2) is 4.82. The largest absolute Gasteiger partial charge is 0.239 e. The first kappa shape index (κ1) is 12.0. The first-order valence-electron chi connectivity index (χ1n) is 5.85. The zero-order valence-electron chi connectivity index (χ0n) is 10.1. The number of halogens is 2. The Hall–Kier alpha value is -1.44. The molecular formula is C15H16F2. The van der Waals surface area contributed by atoms with E-state index in [1.54, 1.807) is 0 Å². The van der Waals surface area contributed by atoms with Gasteiger partial charge < -0.3 is 0 Å². The van der Waals surface area contributed by atoms with Gasteiger partial charge in [-0.3, -0.25) is 0 Å². The fraction of sp³-hybridized carbons (Fsp3) is 0.333. The zero-order chi connectivity index (χ0) is 12.4. The maximum atomic E-state index is 12.3. The SMILES string of the molecule is Cc1ccc2cc(C(C)CC(F)F)ccc2c1. The number of alkyl halides is 2. The van der Waals surface area contributed by atoms with Crippen LogP contribution >= 0.6 is 0 Å². The molecule has 0 nitrogen and oxygen atoms in total. The molecule has 17 heavy (non-hydrogen) atoms. The van der Waals surface area contributed by atoms with Gasteiger partial charge in [-0.25, -0.2) is 8.78 Å². The normalized spacial score (nSPS) is 13.2. The quantitative estimate of drug-likeness (QED) is 0.708. The fourth-order valence-corrected chi connectivity index (χ4v) is 2.09. The summed E-state index contributed by atoms with van der Waals surface area (Å²) in [6.07, 6.45) is -2.31. The van der Waals surface area contributed by atoms with E-state index in [4.69, 9.17) is 0 Å². The number of benzene rings is 2. The highest BCUT2D eigenvalue weighted by Crippen LogP contribution is 2.26. The minimum atomic E-state index is -2.24. The van der Waals surface area contributed by atoms with Crippen molar-refractivity contribution in [2.24, 2.45) is 0 Å². The Morgan fingerprint density at radius 2 is 1.65 bits per heavy atom. The number of hydrogen-bond acceptors (Lipinski definition) is 0. The van der Waals surface area contributed by atoms with Crippen LogP contribution in [0, 0.1) is 6.92 Å². The molecule has 0 saturated heterocycles. The Labute approximate surface area is 100 Å². The maximum absolute atomic E-state index is 12.3. The standard InChI is InChI=1S/C15H16F2/c1-10-3-4-14-9-12(5-6-13(14)7-10)11(2)8-15(16)17/h3-7,9,11,15H,8H2,1-2H3. The van der Waals surface area contributed by atoms with E-state index in [-0.39, 0.29) is 12.3 Å². The van der Waals surface area contributed by atoms with Crippen LogP contribution in [0.1, 0.15) is 30.4 Å². The molecule has 0 N–H and O–H groups in total. The van der Waals surface area contributed by atoms with Gasteiger partial charge in [0.2, 0.25) is 6.43 Å². The number of rotatable bonds is 3. The fourth-order valence-electron chi connectivity index (χ4n) is 2.09. The summed E-state index contributed by atoms with van der Waals surface area (Å²) in [6.45, 7) is 3.90. The molecule has 0 heterocycles. The summed E-state index contributed by atoms with van der Waals surface area (Å²) in [5, 5.41) is 2.28. The molecule has 0 aliphatic heterocycles. The van der Waals surface area contributed by atoms with Gasteiger partial charge in [0.05, 0.1) is 0 Å². The summed E-state index contributed by atoms with van der Waals surface area (Å²) in [7, 11) is 0. The smallest absolute Gasteiger partial charge is 0.211 e. The maximum Gasteiger partial charge on any atom is 0.239 e. The van der Waals surface area contributed by atoms with E-state index >= 15 is 0 Å². The van der Waals surface area contributed by atoms with E-state index in [1.807, 2.05) is 44.2 Å². The van der Waals surface area contributed by atoms with Gasteiger partial charge in [-0.1, -0.05) is 48.9 Å². The highest BCUT2D eigenvalue weighted by atomic mass is 19.3. The van der Waals surface area contributed by atoms with Gasteiger partial charge in [-0.05, 0) is 29.2 Å². The lowest BCUT2D eigenvalue weighted by Gasteiger charge is -2.12. The average molecular weight is 234 g/mol. The molecule has 1 atom stereocenters. The third-order valence-electron chi connectivity index (χ3n) is 3.12. The minimum absolute atomic E-state index is 0.0721. The Kier molecular flexibility index (Phi) is 3.41. The van der Waals surface area contributed by atoms with Crippen molar-refractivity contribution in [3.05, 3.63) is 47.5 Å². The number of aryl methyl sites for hydroxylation is 1. The second-order valence-electron chi connectivity index (χ2n) is 4.64. The van der Waals surface area contributed by atoms with E-state index in [9.17, 15) is 8.78 Å². The van der Waals surface area contributed by atoms with E-state index in [1.165, 1.54) is 5.56 Å². The molecule has 90 valence electrons. The molecule has 0 aliphatic carbocycles. The number of fused-ring (bicyclic) bond motifs is 1. The topological polar surface area (TPSA) is 0 Å². The van der Waals surface area contributed by atoms with Crippen LogP contribution < -0.4 is 0 Å². The van der Waals surface area contributed by atoms with Gasteiger partial charge >= 0.3 is 0 Å². The molecule has 2 rings (SSSR count). The van der Waals surface area contributed by atoms with Crippen molar-refractivity contribution in [3.8, 4) is 0 Å². The van der Waals surface area contributed by atoms with Gasteiger partial charge in [-0.2, -0.15) is 0 Å². The van der Waals surface area contributed by atoms with Crippen LogP contribution in [-0.2, 0) is 0 Å². The Morgan fingerprint density at radius 3 is 2.35 bits per heavy atom. The molecule has 0 aromatic heterocycles. The molecule has 2 aromatic carbocycles. The molecule has 0 fully saturated rings. The van der Waals surface area contributed by atoms with E-state index in [0.717, 1.165) is 16.3 Å². The molecule has 0 radical (unpaired) electrons. The molecule has 1 unspecified atom stereocenters. The van der Waals surface area contributed by atoms with Crippen LogP contribution in [0.15, 0.2) is 36.4 Å². The van der Waals surface area contributed by atoms with Crippen LogP contribution in [0.2, 0.25) is 0 Å². The molecule has 0 bridgehead atoms. The van der Waals surface area contributed by atoms with Crippen LogP contribution in [0.5, 0.6) is 0 Å². The molecule has 2 heteroatoms. The third-order valence-corrected chi connectivity index (χ3v) is 3.12. The van der Waals surface area contributed by atoms with Crippen LogP contribution in [-0.4, -0.2) is 6.43 Å². The number of hydrogen-bond donors (Lipinski definition) is 0. The van der Waals surface area contributed by atoms with E-state index in [2.05, 4.69) is 6.07 Å². The van der Waals surface area contributed by atoms with Crippen molar-refractivity contribution < 1.29 is 8.78 Å². The summed E-state index contributed by atoms with van der Waals surface area (Å²) >= 11 is 0. The van der Waals surface area contributed by atoms with Gasteiger partial charge in [-0.15, -0.1) is 0 Å².